The molecule has 0 heterocycles. The molecular weight excluding hydrogens is 134 g/mol. The van der Waals surface area contributed by atoms with Gasteiger partial charge in [-0.15, -0.1) is 0 Å². The Morgan fingerprint density at radius 1 is 1.00 bits per heavy atom. The SMILES string of the molecule is CC(O)[N+](C)(C)C(C)O.[OH-]. The quantitative estimate of drug-likeness (QED) is 0.415. The largest absolute Gasteiger partial charge is 0.870 e. The monoisotopic (exact) mass is 151 g/mol. The molecule has 0 aliphatic carbocycles. The van der Waals surface area contributed by atoms with Crippen molar-refractivity contribution in [3.63, 3.8) is 0 Å². The van der Waals surface area contributed by atoms with Crippen LogP contribution in [0.25, 0.3) is 0 Å². The number of aliphatic hydroxyl groups excluding tert-OH is 2. The minimum atomic E-state index is -0.523. The normalized spacial score (nSPS) is 17.4. The number of nitrogens with zero attached hydrogens (tertiary/aromatic N) is 1. The van der Waals surface area contributed by atoms with Crippen LogP contribution in [-0.2, 0) is 0 Å². The molecule has 2 unspecified atom stereocenters. The van der Waals surface area contributed by atoms with Crippen LogP contribution in [0.3, 0.4) is 0 Å². The molecule has 0 fully saturated rings. The van der Waals surface area contributed by atoms with Gasteiger partial charge in [-0.05, 0) is 0 Å². The minimum Gasteiger partial charge on any atom is -0.870 e. The molecule has 0 aliphatic heterocycles. The van der Waals surface area contributed by atoms with Gasteiger partial charge in [-0.25, -0.2) is 0 Å². The van der Waals surface area contributed by atoms with Gasteiger partial charge in [-0.3, -0.25) is 4.48 Å². The third-order valence-corrected chi connectivity index (χ3v) is 1.93. The fraction of sp³-hybridized carbons (Fsp3) is 1.00. The molecule has 0 bridgehead atoms. The average molecular weight is 151 g/mol. The second kappa shape index (κ2) is 3.88. The summed E-state index contributed by atoms with van der Waals surface area (Å²) in [4.78, 5) is 0. The van der Waals surface area contributed by atoms with E-state index in [9.17, 15) is 0 Å². The van der Waals surface area contributed by atoms with Crippen LogP contribution in [0.1, 0.15) is 13.8 Å². The summed E-state index contributed by atoms with van der Waals surface area (Å²) in [6, 6.07) is 0. The molecule has 0 spiro atoms. The second-order valence-corrected chi connectivity index (χ2v) is 2.89. The Bertz CT molecular complexity index is 81.0. The van der Waals surface area contributed by atoms with Gasteiger partial charge >= 0.3 is 0 Å². The van der Waals surface area contributed by atoms with Crippen LogP contribution >= 0.6 is 0 Å². The van der Waals surface area contributed by atoms with E-state index < -0.39 is 12.5 Å². The summed E-state index contributed by atoms with van der Waals surface area (Å²) >= 11 is 0. The third-order valence-electron chi connectivity index (χ3n) is 1.93. The molecule has 4 heteroatoms. The van der Waals surface area contributed by atoms with Crippen molar-refractivity contribution in [1.29, 1.82) is 0 Å². The average Bonchev–Trinajstić information content (AvgIpc) is 1.65. The smallest absolute Gasteiger partial charge is 0.189 e. The van der Waals surface area contributed by atoms with Crippen molar-refractivity contribution in [3.05, 3.63) is 0 Å². The highest BCUT2D eigenvalue weighted by molar-refractivity contribution is 4.31. The first-order chi connectivity index (χ1) is 3.89. The number of rotatable bonds is 2. The van der Waals surface area contributed by atoms with Crippen molar-refractivity contribution in [2.45, 2.75) is 26.3 Å². The number of aliphatic hydroxyl groups is 2. The maximum atomic E-state index is 9.06. The first-order valence-corrected chi connectivity index (χ1v) is 3.08. The standard InChI is InChI=1S/C6H16NO2.H2O/c1-5(8)7(3,4)6(2)9;/h5-6,8-9H,1-4H3;1H2/q+1;/p-1. The van der Waals surface area contributed by atoms with Gasteiger partial charge in [0.2, 0.25) is 0 Å². The van der Waals surface area contributed by atoms with Gasteiger partial charge in [-0.1, -0.05) is 0 Å². The molecule has 2 atom stereocenters. The lowest BCUT2D eigenvalue weighted by Crippen LogP contribution is -2.53. The fourth-order valence-corrected chi connectivity index (χ4v) is 0.312. The maximum Gasteiger partial charge on any atom is 0.189 e. The van der Waals surface area contributed by atoms with Gasteiger partial charge < -0.3 is 15.7 Å². The zero-order valence-electron chi connectivity index (χ0n) is 6.94. The van der Waals surface area contributed by atoms with Gasteiger partial charge in [0.05, 0.1) is 14.1 Å². The lowest BCUT2D eigenvalue weighted by atomic mass is 10.4. The van der Waals surface area contributed by atoms with Crippen LogP contribution in [0.4, 0.5) is 0 Å². The van der Waals surface area contributed by atoms with Crippen molar-refractivity contribution < 1.29 is 20.2 Å². The molecule has 0 saturated heterocycles. The van der Waals surface area contributed by atoms with Gasteiger partial charge in [-0.2, -0.15) is 0 Å². The predicted molar refractivity (Wildman–Crippen MR) is 37.4 cm³/mol. The van der Waals surface area contributed by atoms with Crippen molar-refractivity contribution in [1.82, 2.24) is 0 Å². The summed E-state index contributed by atoms with van der Waals surface area (Å²) in [6.07, 6.45) is -1.05. The van der Waals surface area contributed by atoms with E-state index in [1.54, 1.807) is 27.9 Å². The van der Waals surface area contributed by atoms with E-state index in [1.807, 2.05) is 0 Å². The molecule has 0 aliphatic rings. The summed E-state index contributed by atoms with van der Waals surface area (Å²) in [5.74, 6) is 0. The van der Waals surface area contributed by atoms with Crippen molar-refractivity contribution in [2.24, 2.45) is 0 Å². The van der Waals surface area contributed by atoms with E-state index in [0.717, 1.165) is 0 Å². The van der Waals surface area contributed by atoms with E-state index in [1.165, 1.54) is 0 Å². The highest BCUT2D eigenvalue weighted by Crippen LogP contribution is 2.07. The third kappa shape index (κ3) is 2.62. The van der Waals surface area contributed by atoms with Crippen LogP contribution in [0.5, 0.6) is 0 Å². The summed E-state index contributed by atoms with van der Waals surface area (Å²) in [7, 11) is 3.55. The van der Waals surface area contributed by atoms with Gasteiger partial charge in [0.1, 0.15) is 0 Å². The zero-order valence-corrected chi connectivity index (χ0v) is 6.94. The molecule has 3 N–H and O–H groups in total. The summed E-state index contributed by atoms with van der Waals surface area (Å²) in [5, 5.41) is 18.1. The predicted octanol–water partition coefficient (Wildman–Crippen LogP) is -0.437. The number of quaternary nitrogens is 1. The van der Waals surface area contributed by atoms with Crippen LogP contribution in [0, 0.1) is 0 Å². The Labute approximate surface area is 61.6 Å². The molecule has 64 valence electrons. The Hall–Kier alpha value is -0.160. The van der Waals surface area contributed by atoms with E-state index >= 15 is 0 Å². The minimum absolute atomic E-state index is 0. The van der Waals surface area contributed by atoms with Crippen LogP contribution in [0.15, 0.2) is 0 Å². The van der Waals surface area contributed by atoms with E-state index in [-0.39, 0.29) is 9.96 Å². The van der Waals surface area contributed by atoms with E-state index in [0.29, 0.717) is 0 Å². The van der Waals surface area contributed by atoms with E-state index in [2.05, 4.69) is 0 Å². The highest BCUT2D eigenvalue weighted by Gasteiger charge is 2.26. The lowest BCUT2D eigenvalue weighted by molar-refractivity contribution is -0.974. The fourth-order valence-electron chi connectivity index (χ4n) is 0.312. The molecule has 0 aromatic carbocycles. The molecule has 0 aromatic heterocycles. The molecule has 0 amide bonds. The van der Waals surface area contributed by atoms with Crippen molar-refractivity contribution in [2.75, 3.05) is 14.1 Å². The Morgan fingerprint density at radius 3 is 1.20 bits per heavy atom. The number of hydrogen-bond acceptors (Lipinski definition) is 3. The molecule has 0 aromatic rings. The maximum absolute atomic E-state index is 9.06. The van der Waals surface area contributed by atoms with Crippen LogP contribution in [0.2, 0.25) is 0 Å². The Balaban J connectivity index is 0. The second-order valence-electron chi connectivity index (χ2n) is 2.89. The molecule has 0 saturated carbocycles. The molecular formula is C6H17NO3. The number of hydrogen-bond donors (Lipinski definition) is 2. The summed E-state index contributed by atoms with van der Waals surface area (Å²) in [5.41, 5.74) is 0. The van der Waals surface area contributed by atoms with Crippen LogP contribution < -0.4 is 0 Å². The van der Waals surface area contributed by atoms with Crippen molar-refractivity contribution >= 4 is 0 Å². The summed E-state index contributed by atoms with van der Waals surface area (Å²) in [6.45, 7) is 3.32. The van der Waals surface area contributed by atoms with Gasteiger partial charge in [0.25, 0.3) is 0 Å². The molecule has 10 heavy (non-hydrogen) atoms. The first-order valence-electron chi connectivity index (χ1n) is 3.08. The Morgan fingerprint density at radius 2 is 1.20 bits per heavy atom. The topological polar surface area (TPSA) is 70.5 Å². The molecule has 0 rings (SSSR count). The zero-order chi connectivity index (χ0) is 7.65. The van der Waals surface area contributed by atoms with E-state index in [4.69, 9.17) is 10.2 Å². The van der Waals surface area contributed by atoms with Gasteiger partial charge in [0, 0.05) is 13.8 Å². The summed E-state index contributed by atoms with van der Waals surface area (Å²) < 4.78 is 0.222. The molecule has 4 nitrogen and oxygen atoms in total. The van der Waals surface area contributed by atoms with Crippen molar-refractivity contribution in [3.8, 4) is 0 Å². The van der Waals surface area contributed by atoms with Crippen LogP contribution in [-0.4, -0.2) is 46.7 Å². The lowest BCUT2D eigenvalue weighted by Gasteiger charge is -2.35. The Kier molecular flexibility index (Phi) is 4.85. The molecule has 0 radical (unpaired) electrons. The van der Waals surface area contributed by atoms with Gasteiger partial charge in [0.15, 0.2) is 12.5 Å². The first kappa shape index (κ1) is 12.5. The highest BCUT2D eigenvalue weighted by atomic mass is 16.3.